The lowest BCUT2D eigenvalue weighted by Crippen LogP contribution is -2.27. The maximum atomic E-state index is 13.2. The molecule has 1 heterocycles. The fourth-order valence-corrected chi connectivity index (χ4v) is 5.04. The Kier molecular flexibility index (Phi) is 9.45. The summed E-state index contributed by atoms with van der Waals surface area (Å²) < 4.78 is 22.6. The van der Waals surface area contributed by atoms with Crippen molar-refractivity contribution in [3.05, 3.63) is 77.2 Å². The Balaban J connectivity index is 1.45. The van der Waals surface area contributed by atoms with Crippen LogP contribution in [0.1, 0.15) is 19.4 Å². The highest BCUT2D eigenvalue weighted by Crippen LogP contribution is 2.37. The number of thioether (sulfide) groups is 1. The molecule has 39 heavy (non-hydrogen) atoms. The number of methoxy groups -OCH3 is 1. The molecule has 0 aromatic heterocycles. The summed E-state index contributed by atoms with van der Waals surface area (Å²) in [6, 6.07) is 19.6. The van der Waals surface area contributed by atoms with Crippen LogP contribution in [-0.4, -0.2) is 43.1 Å². The predicted octanol–water partition coefficient (Wildman–Crippen LogP) is 5.92. The normalized spacial score (nSPS) is 13.9. The first-order chi connectivity index (χ1) is 18.9. The summed E-state index contributed by atoms with van der Waals surface area (Å²) in [6.45, 7) is 4.52. The van der Waals surface area contributed by atoms with Gasteiger partial charge in [0.1, 0.15) is 11.5 Å². The number of carbonyl (C=O) groups excluding carboxylic acids is 2. The molecule has 0 aliphatic carbocycles. The molecule has 2 amide bonds. The molecule has 0 bridgehead atoms. The Labute approximate surface area is 236 Å². The van der Waals surface area contributed by atoms with Crippen molar-refractivity contribution in [1.82, 2.24) is 0 Å². The average Bonchev–Trinajstić information content (AvgIpc) is 3.21. The predicted molar refractivity (Wildman–Crippen MR) is 158 cm³/mol. The number of hydrogen-bond donors (Lipinski definition) is 1. The highest BCUT2D eigenvalue weighted by molar-refractivity contribution is 8.27. The number of benzene rings is 3. The third-order valence-corrected chi connectivity index (χ3v) is 6.78. The lowest BCUT2D eigenvalue weighted by atomic mass is 10.1. The molecule has 0 saturated carbocycles. The van der Waals surface area contributed by atoms with Crippen molar-refractivity contribution in [1.29, 1.82) is 0 Å². The third kappa shape index (κ3) is 7.10. The maximum Gasteiger partial charge on any atom is 0.270 e. The van der Waals surface area contributed by atoms with Crippen LogP contribution in [0.3, 0.4) is 0 Å². The molecule has 8 nitrogen and oxygen atoms in total. The summed E-state index contributed by atoms with van der Waals surface area (Å²) in [4.78, 5) is 27.6. The summed E-state index contributed by atoms with van der Waals surface area (Å²) in [5.74, 6) is 1.71. The van der Waals surface area contributed by atoms with Crippen molar-refractivity contribution >= 4 is 57.6 Å². The van der Waals surface area contributed by atoms with Crippen LogP contribution in [0, 0.1) is 0 Å². The zero-order valence-corrected chi connectivity index (χ0v) is 23.4. The number of nitrogens with one attached hydrogen (secondary N) is 1. The summed E-state index contributed by atoms with van der Waals surface area (Å²) in [6.07, 6.45) is 1.76. The fourth-order valence-electron chi connectivity index (χ4n) is 3.74. The van der Waals surface area contributed by atoms with Crippen molar-refractivity contribution in [2.45, 2.75) is 13.8 Å². The van der Waals surface area contributed by atoms with Crippen LogP contribution in [0.15, 0.2) is 71.6 Å². The van der Waals surface area contributed by atoms with E-state index in [4.69, 9.17) is 31.2 Å². The van der Waals surface area contributed by atoms with E-state index in [0.29, 0.717) is 51.1 Å². The lowest BCUT2D eigenvalue weighted by molar-refractivity contribution is -0.118. The third-order valence-electron chi connectivity index (χ3n) is 5.48. The summed E-state index contributed by atoms with van der Waals surface area (Å²) in [5, 5.41) is 2.78. The van der Waals surface area contributed by atoms with Gasteiger partial charge in [-0.05, 0) is 74.0 Å². The molecular weight excluding hydrogens is 536 g/mol. The van der Waals surface area contributed by atoms with E-state index in [9.17, 15) is 9.59 Å². The molecular formula is C29H28N2O6S2. The number of rotatable bonds is 11. The average molecular weight is 565 g/mol. The van der Waals surface area contributed by atoms with Gasteiger partial charge in [0.25, 0.3) is 11.8 Å². The molecule has 1 aliphatic heterocycles. The SMILES string of the molecule is CCOc1ccc(N2C(=O)/C(=C/c3ccc(OCC(=O)Nc4cccc(OC)c4)c(OCC)c3)SC2=S)cc1. The number of carbonyl (C=O) groups is 2. The Morgan fingerprint density at radius 3 is 2.44 bits per heavy atom. The minimum atomic E-state index is -0.326. The molecule has 4 rings (SSSR count). The molecule has 10 heteroatoms. The molecule has 1 fully saturated rings. The standard InChI is InChI=1S/C29H28N2O6S2/c1-4-35-22-12-10-21(11-13-22)31-28(33)26(39-29(31)38)16-19-9-14-24(25(15-19)36-5-2)37-18-27(32)30-20-7-6-8-23(17-20)34-3/h6-17H,4-5,18H2,1-3H3,(H,30,32)/b26-16-. The van der Waals surface area contributed by atoms with Crippen molar-refractivity contribution in [2.75, 3.05) is 37.1 Å². The zero-order chi connectivity index (χ0) is 27.8. The van der Waals surface area contributed by atoms with Gasteiger partial charge in [0.2, 0.25) is 0 Å². The van der Waals surface area contributed by atoms with Gasteiger partial charge in [0.05, 0.1) is 30.9 Å². The van der Waals surface area contributed by atoms with E-state index in [1.807, 2.05) is 38.1 Å². The van der Waals surface area contributed by atoms with Crippen LogP contribution in [-0.2, 0) is 9.59 Å². The molecule has 0 radical (unpaired) electrons. The van der Waals surface area contributed by atoms with Crippen LogP contribution >= 0.6 is 24.0 Å². The first-order valence-corrected chi connectivity index (χ1v) is 13.5. The molecule has 0 unspecified atom stereocenters. The Morgan fingerprint density at radius 1 is 0.949 bits per heavy atom. The molecule has 3 aromatic rings. The molecule has 1 saturated heterocycles. The quantitative estimate of drug-likeness (QED) is 0.227. The second kappa shape index (κ2) is 13.2. The van der Waals surface area contributed by atoms with Crippen molar-refractivity contribution < 1.29 is 28.5 Å². The highest BCUT2D eigenvalue weighted by atomic mass is 32.2. The van der Waals surface area contributed by atoms with E-state index in [1.54, 1.807) is 55.7 Å². The molecule has 1 aliphatic rings. The van der Waals surface area contributed by atoms with Gasteiger partial charge in [-0.25, -0.2) is 0 Å². The van der Waals surface area contributed by atoms with E-state index >= 15 is 0 Å². The van der Waals surface area contributed by atoms with E-state index in [2.05, 4.69) is 5.32 Å². The van der Waals surface area contributed by atoms with Gasteiger partial charge in [-0.15, -0.1) is 0 Å². The highest BCUT2D eigenvalue weighted by Gasteiger charge is 2.33. The summed E-state index contributed by atoms with van der Waals surface area (Å²) in [7, 11) is 1.56. The number of thiocarbonyl (C=S) groups is 1. The molecule has 1 N–H and O–H groups in total. The van der Waals surface area contributed by atoms with Crippen LogP contribution < -0.4 is 29.2 Å². The second-order valence-electron chi connectivity index (χ2n) is 8.15. The van der Waals surface area contributed by atoms with Crippen LogP contribution in [0.4, 0.5) is 11.4 Å². The van der Waals surface area contributed by atoms with Crippen molar-refractivity contribution in [3.8, 4) is 23.0 Å². The summed E-state index contributed by atoms with van der Waals surface area (Å²) in [5.41, 5.74) is 2.01. The topological polar surface area (TPSA) is 86.3 Å². The lowest BCUT2D eigenvalue weighted by Gasteiger charge is -2.15. The fraction of sp³-hybridized carbons (Fsp3) is 0.207. The van der Waals surface area contributed by atoms with Gasteiger partial charge < -0.3 is 24.3 Å². The smallest absolute Gasteiger partial charge is 0.270 e. The number of hydrogen-bond acceptors (Lipinski definition) is 8. The summed E-state index contributed by atoms with van der Waals surface area (Å²) >= 11 is 6.72. The number of nitrogens with zero attached hydrogens (tertiary/aromatic N) is 1. The van der Waals surface area contributed by atoms with Crippen LogP contribution in [0.5, 0.6) is 23.0 Å². The Morgan fingerprint density at radius 2 is 1.72 bits per heavy atom. The van der Waals surface area contributed by atoms with Crippen molar-refractivity contribution in [2.24, 2.45) is 0 Å². The van der Waals surface area contributed by atoms with Gasteiger partial charge in [0.15, 0.2) is 22.4 Å². The molecule has 202 valence electrons. The van der Waals surface area contributed by atoms with Gasteiger partial charge >= 0.3 is 0 Å². The van der Waals surface area contributed by atoms with Gasteiger partial charge in [-0.2, -0.15) is 0 Å². The monoisotopic (exact) mass is 564 g/mol. The van der Waals surface area contributed by atoms with Gasteiger partial charge in [0, 0.05) is 11.8 Å². The van der Waals surface area contributed by atoms with Gasteiger partial charge in [-0.3, -0.25) is 14.5 Å². The zero-order valence-electron chi connectivity index (χ0n) is 21.8. The van der Waals surface area contributed by atoms with Crippen LogP contribution in [0.2, 0.25) is 0 Å². The van der Waals surface area contributed by atoms with Crippen LogP contribution in [0.25, 0.3) is 6.08 Å². The maximum absolute atomic E-state index is 13.2. The largest absolute Gasteiger partial charge is 0.497 e. The number of ether oxygens (including phenoxy) is 4. The van der Waals surface area contributed by atoms with Gasteiger partial charge in [-0.1, -0.05) is 36.1 Å². The minimum Gasteiger partial charge on any atom is -0.497 e. The van der Waals surface area contributed by atoms with Crippen molar-refractivity contribution in [3.63, 3.8) is 0 Å². The van der Waals surface area contributed by atoms with E-state index in [-0.39, 0.29) is 18.4 Å². The molecule has 3 aromatic carbocycles. The van der Waals surface area contributed by atoms with E-state index in [0.717, 1.165) is 11.3 Å². The Hall–Kier alpha value is -4.02. The minimum absolute atomic E-state index is 0.207. The van der Waals surface area contributed by atoms with E-state index in [1.165, 1.54) is 16.7 Å². The van der Waals surface area contributed by atoms with E-state index < -0.39 is 0 Å². The second-order valence-corrected chi connectivity index (χ2v) is 9.83. The number of anilines is 2. The molecule has 0 spiro atoms. The molecule has 0 atom stereocenters. The Bertz CT molecular complexity index is 1390. The first-order valence-electron chi connectivity index (χ1n) is 12.3. The number of amides is 2. The first kappa shape index (κ1) is 28.0.